The number of anilines is 2. The second kappa shape index (κ2) is 8.54. The quantitative estimate of drug-likeness (QED) is 0.696. The number of carbonyl (C=O) groups excluding carboxylic acids is 1. The van der Waals surface area contributed by atoms with Gasteiger partial charge in [-0.2, -0.15) is 0 Å². The third-order valence-corrected chi connectivity index (χ3v) is 5.22. The van der Waals surface area contributed by atoms with Crippen molar-refractivity contribution in [3.63, 3.8) is 0 Å². The highest BCUT2D eigenvalue weighted by atomic mass is 16.5. The predicted octanol–water partition coefficient (Wildman–Crippen LogP) is 3.06. The van der Waals surface area contributed by atoms with E-state index < -0.39 is 0 Å². The molecule has 156 valence electrons. The number of rotatable bonds is 5. The van der Waals surface area contributed by atoms with Crippen molar-refractivity contribution in [3.05, 3.63) is 53.9 Å². The summed E-state index contributed by atoms with van der Waals surface area (Å²) in [6, 6.07) is 13.0. The van der Waals surface area contributed by atoms with Gasteiger partial charge in [-0.3, -0.25) is 4.79 Å². The van der Waals surface area contributed by atoms with Gasteiger partial charge in [-0.1, -0.05) is 0 Å². The summed E-state index contributed by atoms with van der Waals surface area (Å²) in [7, 11) is 3.69. The van der Waals surface area contributed by atoms with Crippen molar-refractivity contribution in [2.75, 3.05) is 50.6 Å². The Morgan fingerprint density at radius 2 is 1.80 bits per heavy atom. The van der Waals surface area contributed by atoms with Crippen molar-refractivity contribution in [3.8, 4) is 17.2 Å². The molecule has 0 bridgehead atoms. The van der Waals surface area contributed by atoms with Crippen LogP contribution in [0.4, 0.5) is 11.4 Å². The molecule has 0 saturated carbocycles. The highest BCUT2D eigenvalue weighted by Crippen LogP contribution is 2.30. The molecule has 1 aliphatic rings. The van der Waals surface area contributed by atoms with Crippen molar-refractivity contribution >= 4 is 17.3 Å². The molecule has 1 aliphatic heterocycles. The Labute approximate surface area is 175 Å². The molecule has 1 fully saturated rings. The van der Waals surface area contributed by atoms with Crippen LogP contribution in [0.5, 0.6) is 5.75 Å². The lowest BCUT2D eigenvalue weighted by Crippen LogP contribution is -2.44. The number of benzene rings is 2. The molecule has 1 amide bonds. The van der Waals surface area contributed by atoms with E-state index >= 15 is 0 Å². The van der Waals surface area contributed by atoms with E-state index in [2.05, 4.69) is 32.4 Å². The van der Waals surface area contributed by atoms with Crippen LogP contribution in [-0.2, 0) is 0 Å². The molecule has 8 heteroatoms. The zero-order valence-electron chi connectivity index (χ0n) is 17.4. The summed E-state index contributed by atoms with van der Waals surface area (Å²) in [6.07, 6.45) is 0. The molecule has 30 heavy (non-hydrogen) atoms. The lowest BCUT2D eigenvalue weighted by molar-refractivity contribution is 0.102. The number of hydrogen-bond donors (Lipinski definition) is 1. The first kappa shape index (κ1) is 19.9. The largest absolute Gasteiger partial charge is 0.495 e. The van der Waals surface area contributed by atoms with E-state index in [1.54, 1.807) is 26.2 Å². The van der Waals surface area contributed by atoms with Gasteiger partial charge in [-0.05, 0) is 49.5 Å². The fraction of sp³-hybridized carbons (Fsp3) is 0.318. The fourth-order valence-electron chi connectivity index (χ4n) is 3.43. The predicted molar refractivity (Wildman–Crippen MR) is 115 cm³/mol. The summed E-state index contributed by atoms with van der Waals surface area (Å²) >= 11 is 0. The van der Waals surface area contributed by atoms with Gasteiger partial charge in [0.2, 0.25) is 11.8 Å². The Morgan fingerprint density at radius 1 is 1.07 bits per heavy atom. The Morgan fingerprint density at radius 3 is 2.43 bits per heavy atom. The first-order valence-corrected chi connectivity index (χ1v) is 9.87. The zero-order chi connectivity index (χ0) is 21.1. The van der Waals surface area contributed by atoms with Gasteiger partial charge in [0.15, 0.2) is 0 Å². The smallest absolute Gasteiger partial charge is 0.255 e. The average Bonchev–Trinajstić information content (AvgIpc) is 3.20. The number of hydrogen-bond acceptors (Lipinski definition) is 7. The second-order valence-corrected chi connectivity index (χ2v) is 7.33. The van der Waals surface area contributed by atoms with E-state index in [0.29, 0.717) is 34.3 Å². The van der Waals surface area contributed by atoms with Crippen LogP contribution in [0.15, 0.2) is 46.9 Å². The van der Waals surface area contributed by atoms with E-state index in [9.17, 15) is 4.79 Å². The van der Waals surface area contributed by atoms with Gasteiger partial charge in [0.1, 0.15) is 5.75 Å². The lowest BCUT2D eigenvalue weighted by Gasteiger charge is -2.34. The number of likely N-dealkylation sites (N-methyl/N-ethyl adjacent to an activating group) is 1. The molecule has 0 aliphatic carbocycles. The maximum absolute atomic E-state index is 12.8. The number of nitrogens with one attached hydrogen (secondary N) is 1. The van der Waals surface area contributed by atoms with Crippen molar-refractivity contribution in [2.24, 2.45) is 0 Å². The molecule has 3 aromatic rings. The topological polar surface area (TPSA) is 83.7 Å². The van der Waals surface area contributed by atoms with E-state index in [-0.39, 0.29) is 5.91 Å². The van der Waals surface area contributed by atoms with Crippen LogP contribution in [0.25, 0.3) is 11.5 Å². The standard InChI is InChI=1S/C22H25N5O3/c1-15-24-25-22(30-15)17-6-9-20(29-3)19(14-17)23-21(28)16-4-7-18(8-5-16)27-12-10-26(2)11-13-27/h4-9,14H,10-13H2,1-3H3,(H,23,28). The molecule has 1 saturated heterocycles. The van der Waals surface area contributed by atoms with Crippen molar-refractivity contribution in [2.45, 2.75) is 6.92 Å². The highest BCUT2D eigenvalue weighted by Gasteiger charge is 2.16. The van der Waals surface area contributed by atoms with Crippen LogP contribution in [0.2, 0.25) is 0 Å². The van der Waals surface area contributed by atoms with Gasteiger partial charge < -0.3 is 24.3 Å². The Bertz CT molecular complexity index is 1020. The number of piperazine rings is 1. The van der Waals surface area contributed by atoms with Gasteiger partial charge in [-0.25, -0.2) is 0 Å². The van der Waals surface area contributed by atoms with Crippen LogP contribution in [0.1, 0.15) is 16.2 Å². The molecule has 4 rings (SSSR count). The minimum Gasteiger partial charge on any atom is -0.495 e. The molecule has 0 unspecified atom stereocenters. The van der Waals surface area contributed by atoms with Crippen molar-refractivity contribution in [1.29, 1.82) is 0 Å². The molecule has 8 nitrogen and oxygen atoms in total. The maximum Gasteiger partial charge on any atom is 0.255 e. The number of aryl methyl sites for hydroxylation is 1. The first-order chi connectivity index (χ1) is 14.5. The summed E-state index contributed by atoms with van der Waals surface area (Å²) in [5, 5.41) is 10.8. The molecule has 1 aromatic heterocycles. The minimum atomic E-state index is -0.211. The van der Waals surface area contributed by atoms with Gasteiger partial charge in [0.25, 0.3) is 5.91 Å². The van der Waals surface area contributed by atoms with E-state index in [0.717, 1.165) is 31.9 Å². The molecule has 0 atom stereocenters. The van der Waals surface area contributed by atoms with Gasteiger partial charge in [0.05, 0.1) is 12.8 Å². The number of nitrogens with zero attached hydrogens (tertiary/aromatic N) is 4. The van der Waals surface area contributed by atoms with Crippen molar-refractivity contribution < 1.29 is 13.9 Å². The van der Waals surface area contributed by atoms with Gasteiger partial charge in [0, 0.05) is 49.9 Å². The minimum absolute atomic E-state index is 0.211. The normalized spacial score (nSPS) is 14.6. The number of methoxy groups -OCH3 is 1. The molecular formula is C22H25N5O3. The second-order valence-electron chi connectivity index (χ2n) is 7.33. The Kier molecular flexibility index (Phi) is 5.67. The van der Waals surface area contributed by atoms with E-state index in [4.69, 9.17) is 9.15 Å². The summed E-state index contributed by atoms with van der Waals surface area (Å²) in [5.74, 6) is 1.21. The number of carbonyl (C=O) groups is 1. The number of ether oxygens (including phenoxy) is 1. The monoisotopic (exact) mass is 407 g/mol. The first-order valence-electron chi connectivity index (χ1n) is 9.87. The average molecular weight is 407 g/mol. The lowest BCUT2D eigenvalue weighted by atomic mass is 10.1. The van der Waals surface area contributed by atoms with Crippen LogP contribution >= 0.6 is 0 Å². The van der Waals surface area contributed by atoms with Crippen LogP contribution < -0.4 is 15.0 Å². The van der Waals surface area contributed by atoms with E-state index in [1.807, 2.05) is 30.3 Å². The van der Waals surface area contributed by atoms with Crippen molar-refractivity contribution in [1.82, 2.24) is 15.1 Å². The third-order valence-electron chi connectivity index (χ3n) is 5.22. The van der Waals surface area contributed by atoms with Gasteiger partial charge in [-0.15, -0.1) is 10.2 Å². The SMILES string of the molecule is COc1ccc(-c2nnc(C)o2)cc1NC(=O)c1ccc(N2CCN(C)CC2)cc1. The zero-order valence-corrected chi connectivity index (χ0v) is 17.4. The molecule has 0 radical (unpaired) electrons. The van der Waals surface area contributed by atoms with Crippen LogP contribution in [0, 0.1) is 6.92 Å². The molecule has 1 N–H and O–H groups in total. The molecule has 2 aromatic carbocycles. The summed E-state index contributed by atoms with van der Waals surface area (Å²) < 4.78 is 10.9. The summed E-state index contributed by atoms with van der Waals surface area (Å²) in [5.41, 5.74) is 2.95. The fourth-order valence-corrected chi connectivity index (χ4v) is 3.43. The highest BCUT2D eigenvalue weighted by molar-refractivity contribution is 6.05. The number of aromatic nitrogens is 2. The summed E-state index contributed by atoms with van der Waals surface area (Å²) in [6.45, 7) is 5.78. The Balaban J connectivity index is 1.50. The maximum atomic E-state index is 12.8. The van der Waals surface area contributed by atoms with Gasteiger partial charge >= 0.3 is 0 Å². The molecule has 0 spiro atoms. The van der Waals surface area contributed by atoms with E-state index in [1.165, 1.54) is 0 Å². The van der Waals surface area contributed by atoms with Crippen LogP contribution in [-0.4, -0.2) is 61.3 Å². The van der Waals surface area contributed by atoms with Crippen LogP contribution in [0.3, 0.4) is 0 Å². The number of amides is 1. The summed E-state index contributed by atoms with van der Waals surface area (Å²) in [4.78, 5) is 17.5. The molecule has 2 heterocycles. The molecular weight excluding hydrogens is 382 g/mol. The Hall–Kier alpha value is -3.39. The third kappa shape index (κ3) is 4.28.